The zero-order valence-electron chi connectivity index (χ0n) is 16.6. The first kappa shape index (κ1) is 24.7. The summed E-state index contributed by atoms with van der Waals surface area (Å²) in [6.07, 6.45) is 2.10. The molecule has 8 nitrogen and oxygen atoms in total. The van der Waals surface area contributed by atoms with Crippen molar-refractivity contribution in [1.82, 2.24) is 5.09 Å². The Morgan fingerprint density at radius 2 is 1.62 bits per heavy atom. The first-order valence-corrected chi connectivity index (χ1v) is 11.4. The van der Waals surface area contributed by atoms with E-state index in [2.05, 4.69) is 18.3 Å². The van der Waals surface area contributed by atoms with Crippen LogP contribution in [0.2, 0.25) is 0 Å². The Morgan fingerprint density at radius 1 is 1.07 bits per heavy atom. The number of para-hydroxylation sites is 1. The first-order chi connectivity index (χ1) is 14.0. The Morgan fingerprint density at radius 3 is 2.10 bits per heavy atom. The number of non-ortho nitro benzene ring substituents is 1. The van der Waals surface area contributed by atoms with Gasteiger partial charge in [0.25, 0.3) is 5.69 Å². The van der Waals surface area contributed by atoms with Gasteiger partial charge in [-0.1, -0.05) is 25.1 Å². The molecule has 0 heterocycles. The normalized spacial score (nSPS) is 10.9. The molecule has 2 rings (SSSR count). The van der Waals surface area contributed by atoms with E-state index in [4.69, 9.17) is 13.8 Å². The van der Waals surface area contributed by atoms with Crippen LogP contribution in [0, 0.1) is 10.1 Å². The van der Waals surface area contributed by atoms with E-state index in [0.717, 1.165) is 0 Å². The van der Waals surface area contributed by atoms with Crippen LogP contribution in [-0.4, -0.2) is 36.1 Å². The standard InChI is InChI=1S/C16H17N2O6P.C3H8S/c1-2-22-16(19)12-17-25(23-14-6-4-3-5-7-14)24-15-10-8-13(9-11-15)18(20)21;1-3-4-2/h3-11,17H,2,12H2,1H3;3H2,1-2H3. The van der Waals surface area contributed by atoms with Gasteiger partial charge in [-0.05, 0) is 43.2 Å². The number of esters is 1. The van der Waals surface area contributed by atoms with Crippen LogP contribution in [0.5, 0.6) is 11.5 Å². The van der Waals surface area contributed by atoms with E-state index in [9.17, 15) is 14.9 Å². The van der Waals surface area contributed by atoms with Crippen molar-refractivity contribution >= 4 is 31.9 Å². The van der Waals surface area contributed by atoms with Crippen molar-refractivity contribution in [1.29, 1.82) is 0 Å². The molecular formula is C19H25N2O6PS. The molecule has 0 saturated carbocycles. The summed E-state index contributed by atoms with van der Waals surface area (Å²) in [6, 6.07) is 14.6. The van der Waals surface area contributed by atoms with E-state index in [-0.39, 0.29) is 18.8 Å². The average Bonchev–Trinajstić information content (AvgIpc) is 2.73. The number of nitrogens with one attached hydrogen (secondary N) is 1. The number of hydrogen-bond acceptors (Lipinski definition) is 8. The molecule has 158 valence electrons. The smallest absolute Gasteiger partial charge is 0.382 e. The summed E-state index contributed by atoms with van der Waals surface area (Å²) in [5.74, 6) is 1.75. The van der Waals surface area contributed by atoms with Gasteiger partial charge in [-0.3, -0.25) is 14.9 Å². The zero-order chi connectivity index (χ0) is 21.5. The van der Waals surface area contributed by atoms with Crippen molar-refractivity contribution in [2.75, 3.05) is 25.2 Å². The summed E-state index contributed by atoms with van der Waals surface area (Å²) in [4.78, 5) is 21.7. The van der Waals surface area contributed by atoms with Gasteiger partial charge in [0.05, 0.1) is 11.5 Å². The minimum absolute atomic E-state index is 0.0415. The monoisotopic (exact) mass is 440 g/mol. The minimum atomic E-state index is -1.70. The molecule has 29 heavy (non-hydrogen) atoms. The molecule has 0 aliphatic heterocycles. The molecule has 0 aliphatic carbocycles. The summed E-state index contributed by atoms with van der Waals surface area (Å²) >= 11 is 1.86. The molecule has 0 bridgehead atoms. The molecule has 2 aromatic rings. The predicted octanol–water partition coefficient (Wildman–Crippen LogP) is 4.80. The molecule has 10 heteroatoms. The number of nitro groups is 1. The molecule has 0 saturated heterocycles. The molecule has 1 N–H and O–H groups in total. The van der Waals surface area contributed by atoms with Crippen molar-refractivity contribution in [3.8, 4) is 11.5 Å². The van der Waals surface area contributed by atoms with Crippen LogP contribution in [0.1, 0.15) is 13.8 Å². The van der Waals surface area contributed by atoms with E-state index < -0.39 is 19.4 Å². The summed E-state index contributed by atoms with van der Waals surface area (Å²) < 4.78 is 16.3. The second kappa shape index (κ2) is 14.6. The lowest BCUT2D eigenvalue weighted by Gasteiger charge is -2.18. The minimum Gasteiger partial charge on any atom is -0.465 e. The topological polar surface area (TPSA) is 99.9 Å². The largest absolute Gasteiger partial charge is 0.465 e. The number of nitro benzene ring substituents is 1. The highest BCUT2D eigenvalue weighted by atomic mass is 32.2. The van der Waals surface area contributed by atoms with Gasteiger partial charge < -0.3 is 13.8 Å². The molecular weight excluding hydrogens is 415 g/mol. The zero-order valence-corrected chi connectivity index (χ0v) is 18.3. The fraction of sp³-hybridized carbons (Fsp3) is 0.316. The van der Waals surface area contributed by atoms with Gasteiger partial charge in [-0.15, -0.1) is 0 Å². The third-order valence-corrected chi connectivity index (χ3v) is 4.86. The van der Waals surface area contributed by atoms with E-state index in [0.29, 0.717) is 11.5 Å². The Hall–Kier alpha value is -2.35. The number of carbonyl (C=O) groups excluding carboxylic acids is 1. The van der Waals surface area contributed by atoms with Crippen LogP contribution < -0.4 is 14.1 Å². The second-order valence-electron chi connectivity index (χ2n) is 5.22. The Balaban J connectivity index is 0.000000960. The van der Waals surface area contributed by atoms with Gasteiger partial charge in [0.15, 0.2) is 0 Å². The number of nitrogens with zero attached hydrogens (tertiary/aromatic N) is 1. The molecule has 1 atom stereocenters. The highest BCUT2D eigenvalue weighted by molar-refractivity contribution is 7.98. The summed E-state index contributed by atoms with van der Waals surface area (Å²) in [5.41, 5.74) is -0.0415. The Kier molecular flexibility index (Phi) is 12.4. The van der Waals surface area contributed by atoms with Crippen LogP contribution in [0.4, 0.5) is 5.69 Å². The van der Waals surface area contributed by atoms with Gasteiger partial charge in [0.1, 0.15) is 18.0 Å². The van der Waals surface area contributed by atoms with Crippen LogP contribution >= 0.6 is 20.3 Å². The van der Waals surface area contributed by atoms with Crippen LogP contribution in [0.25, 0.3) is 0 Å². The maximum Gasteiger partial charge on any atom is 0.382 e. The van der Waals surface area contributed by atoms with Gasteiger partial charge in [0.2, 0.25) is 0 Å². The molecule has 0 radical (unpaired) electrons. The fourth-order valence-corrected chi connectivity index (χ4v) is 2.78. The highest BCUT2D eigenvalue weighted by Gasteiger charge is 2.18. The maximum atomic E-state index is 11.5. The first-order valence-electron chi connectivity index (χ1n) is 8.83. The summed E-state index contributed by atoms with van der Waals surface area (Å²) in [6.45, 7) is 4.06. The van der Waals surface area contributed by atoms with E-state index in [1.54, 1.807) is 31.2 Å². The van der Waals surface area contributed by atoms with Crippen LogP contribution in [0.3, 0.4) is 0 Å². The lowest BCUT2D eigenvalue weighted by molar-refractivity contribution is -0.384. The van der Waals surface area contributed by atoms with Crippen molar-refractivity contribution in [2.24, 2.45) is 0 Å². The highest BCUT2D eigenvalue weighted by Crippen LogP contribution is 2.37. The molecule has 1 unspecified atom stereocenters. The predicted molar refractivity (Wildman–Crippen MR) is 116 cm³/mol. The third-order valence-electron chi connectivity index (χ3n) is 3.11. The number of ether oxygens (including phenoxy) is 1. The average molecular weight is 440 g/mol. The SMILES string of the molecule is CCOC(=O)CNP(Oc1ccccc1)Oc1ccc([N+](=O)[O-])cc1.CCSC. The third kappa shape index (κ3) is 10.7. The Bertz CT molecular complexity index is 731. The van der Waals surface area contributed by atoms with Crippen LogP contribution in [-0.2, 0) is 9.53 Å². The van der Waals surface area contributed by atoms with E-state index >= 15 is 0 Å². The summed E-state index contributed by atoms with van der Waals surface area (Å²) in [5, 5.41) is 13.5. The van der Waals surface area contributed by atoms with Crippen molar-refractivity contribution in [3.05, 3.63) is 64.7 Å². The number of hydrogen-bond donors (Lipinski definition) is 1. The molecule has 0 spiro atoms. The quantitative estimate of drug-likeness (QED) is 0.243. The number of benzene rings is 2. The maximum absolute atomic E-state index is 11.5. The van der Waals surface area contributed by atoms with Crippen LogP contribution in [0.15, 0.2) is 54.6 Å². The van der Waals surface area contributed by atoms with E-state index in [1.165, 1.54) is 30.0 Å². The van der Waals surface area contributed by atoms with Crippen molar-refractivity contribution < 1.29 is 23.5 Å². The van der Waals surface area contributed by atoms with Crippen molar-refractivity contribution in [3.63, 3.8) is 0 Å². The van der Waals surface area contributed by atoms with E-state index in [1.807, 2.05) is 17.8 Å². The number of carbonyl (C=O) groups is 1. The second-order valence-corrected chi connectivity index (χ2v) is 7.57. The lowest BCUT2D eigenvalue weighted by Crippen LogP contribution is -2.24. The van der Waals surface area contributed by atoms with Crippen molar-refractivity contribution in [2.45, 2.75) is 13.8 Å². The fourth-order valence-electron chi connectivity index (χ4n) is 1.73. The van der Waals surface area contributed by atoms with Gasteiger partial charge in [-0.25, -0.2) is 5.09 Å². The number of rotatable bonds is 10. The summed E-state index contributed by atoms with van der Waals surface area (Å²) in [7, 11) is -1.70. The van der Waals surface area contributed by atoms with Gasteiger partial charge in [-0.2, -0.15) is 11.8 Å². The molecule has 0 aliphatic rings. The molecule has 0 fully saturated rings. The molecule has 2 aromatic carbocycles. The Labute approximate surface area is 176 Å². The molecule has 0 amide bonds. The number of thioether (sulfide) groups is 1. The van der Waals surface area contributed by atoms with Gasteiger partial charge in [0, 0.05) is 12.1 Å². The van der Waals surface area contributed by atoms with Gasteiger partial charge >= 0.3 is 14.5 Å². The lowest BCUT2D eigenvalue weighted by atomic mass is 10.3. The molecule has 0 aromatic heterocycles.